The van der Waals surface area contributed by atoms with E-state index >= 15 is 0 Å². The summed E-state index contributed by atoms with van der Waals surface area (Å²) in [5, 5.41) is 22.0. The van der Waals surface area contributed by atoms with Gasteiger partial charge in [-0.3, -0.25) is 9.59 Å². The van der Waals surface area contributed by atoms with Crippen LogP contribution in [0.2, 0.25) is 0 Å². The fourth-order valence-electron chi connectivity index (χ4n) is 6.27. The maximum atomic E-state index is 13.6. The van der Waals surface area contributed by atoms with Crippen molar-refractivity contribution in [2.24, 2.45) is 0 Å². The van der Waals surface area contributed by atoms with E-state index in [0.717, 1.165) is 0 Å². The molecule has 0 heterocycles. The number of carboxylic acids is 2. The lowest BCUT2D eigenvalue weighted by atomic mass is 9.70. The Morgan fingerprint density at radius 2 is 0.891 bits per heavy atom. The van der Waals surface area contributed by atoms with Gasteiger partial charge in [0.05, 0.1) is 11.1 Å². The second kappa shape index (κ2) is 15.3. The van der Waals surface area contributed by atoms with E-state index in [-0.39, 0.29) is 36.8 Å². The van der Waals surface area contributed by atoms with Gasteiger partial charge >= 0.3 is 23.9 Å². The van der Waals surface area contributed by atoms with Crippen molar-refractivity contribution in [3.63, 3.8) is 0 Å². The third-order valence-corrected chi connectivity index (χ3v) is 9.03. The Morgan fingerprint density at radius 1 is 0.509 bits per heavy atom. The molecule has 0 aliphatic heterocycles. The first-order valence-electron chi connectivity index (χ1n) is 16.4. The van der Waals surface area contributed by atoms with Crippen LogP contribution in [0.5, 0.6) is 11.5 Å². The van der Waals surface area contributed by atoms with Crippen molar-refractivity contribution in [3.8, 4) is 11.5 Å². The van der Waals surface area contributed by atoms with Crippen LogP contribution in [0.4, 0.5) is 26.3 Å². The fraction of sp³-hybridized carbons (Fsp3) is 0.122. The number of aliphatic carboxylic acids is 2. The number of hydrogen-bond donors (Lipinski definition) is 2. The molecule has 0 fully saturated rings. The molecule has 0 aliphatic carbocycles. The Labute approximate surface area is 307 Å². The first kappa shape index (κ1) is 38.0. The molecule has 6 aromatic rings. The quantitative estimate of drug-likeness (QED) is 0.0416. The molecule has 14 heteroatoms. The summed E-state index contributed by atoms with van der Waals surface area (Å²) in [6.45, 7) is 0. The molecule has 0 bridgehead atoms. The van der Waals surface area contributed by atoms with Gasteiger partial charge in [0.15, 0.2) is 34.9 Å². The van der Waals surface area contributed by atoms with E-state index in [9.17, 15) is 55.7 Å². The van der Waals surface area contributed by atoms with Gasteiger partial charge in [-0.05, 0) is 81.9 Å². The minimum atomic E-state index is -1.73. The number of halogens is 6. The van der Waals surface area contributed by atoms with Crippen molar-refractivity contribution in [2.45, 2.75) is 31.1 Å². The van der Waals surface area contributed by atoms with Gasteiger partial charge in [0.25, 0.3) is 0 Å². The van der Waals surface area contributed by atoms with Crippen molar-refractivity contribution in [2.75, 3.05) is 0 Å². The van der Waals surface area contributed by atoms with Crippen molar-refractivity contribution in [3.05, 3.63) is 154 Å². The number of carbonyl (C=O) groups excluding carboxylic acids is 2. The van der Waals surface area contributed by atoms with Crippen LogP contribution in [-0.2, 0) is 15.0 Å². The van der Waals surface area contributed by atoms with Gasteiger partial charge < -0.3 is 19.7 Å². The Bertz CT molecular complexity index is 2330. The molecule has 0 spiro atoms. The number of carbonyl (C=O) groups is 4. The zero-order chi connectivity index (χ0) is 39.6. The van der Waals surface area contributed by atoms with Crippen LogP contribution in [-0.4, -0.2) is 34.1 Å². The molecule has 0 radical (unpaired) electrons. The summed E-state index contributed by atoms with van der Waals surface area (Å²) in [6, 6.07) is 20.0. The Morgan fingerprint density at radius 3 is 1.27 bits per heavy atom. The second-order valence-electron chi connectivity index (χ2n) is 12.5. The van der Waals surface area contributed by atoms with Gasteiger partial charge in [-0.15, -0.1) is 0 Å². The highest BCUT2D eigenvalue weighted by molar-refractivity contribution is 5.99. The Balaban J connectivity index is 1.34. The van der Waals surface area contributed by atoms with Gasteiger partial charge in [-0.25, -0.2) is 35.9 Å². The summed E-state index contributed by atoms with van der Waals surface area (Å²) in [6.07, 6.45) is 0.139. The van der Waals surface area contributed by atoms with E-state index in [1.165, 1.54) is 48.5 Å². The van der Waals surface area contributed by atoms with Gasteiger partial charge in [0, 0.05) is 30.7 Å². The highest BCUT2D eigenvalue weighted by Crippen LogP contribution is 2.41. The van der Waals surface area contributed by atoms with E-state index < -0.39 is 75.7 Å². The molecule has 0 saturated carbocycles. The summed E-state index contributed by atoms with van der Waals surface area (Å²) >= 11 is 0. The molecule has 2 N–H and O–H groups in total. The van der Waals surface area contributed by atoms with Gasteiger partial charge in [0.1, 0.15) is 16.9 Å². The largest absolute Gasteiger partial charge is 0.481 e. The maximum absolute atomic E-state index is 13.6. The van der Waals surface area contributed by atoms with Gasteiger partial charge in [-0.2, -0.15) is 0 Å². The smallest absolute Gasteiger partial charge is 0.343 e. The van der Waals surface area contributed by atoms with Gasteiger partial charge in [0.2, 0.25) is 0 Å². The second-order valence-corrected chi connectivity index (χ2v) is 12.5. The van der Waals surface area contributed by atoms with E-state index in [0.29, 0.717) is 56.9 Å². The number of rotatable bonds is 12. The highest BCUT2D eigenvalue weighted by atomic mass is 19.2. The lowest BCUT2D eigenvalue weighted by Crippen LogP contribution is -2.37. The summed E-state index contributed by atoms with van der Waals surface area (Å²) in [5.74, 6) is -15.0. The number of esters is 2. The molecule has 6 aromatic carbocycles. The maximum Gasteiger partial charge on any atom is 0.343 e. The SMILES string of the molecule is O=C(O)CCCCC(C(=O)O)(c1ccc2cc(C(=O)Oc3cc(F)c(F)c(F)c3)ccc2c1)c1ccc2cc(C(=O)Oc3cc(F)c(F)c(F)c3)ccc2c1. The van der Waals surface area contributed by atoms with Crippen LogP contribution in [0.15, 0.2) is 97.1 Å². The van der Waals surface area contributed by atoms with Crippen molar-refractivity contribution in [1.29, 1.82) is 0 Å². The summed E-state index contributed by atoms with van der Waals surface area (Å²) in [4.78, 5) is 50.3. The first-order chi connectivity index (χ1) is 26.2. The first-order valence-corrected chi connectivity index (χ1v) is 16.4. The molecule has 0 aromatic heterocycles. The minimum absolute atomic E-state index is 0.0293. The molecule has 0 atom stereocenters. The monoisotopic (exact) mass is 760 g/mol. The number of ether oxygens (including phenoxy) is 2. The number of benzene rings is 6. The number of fused-ring (bicyclic) bond motifs is 2. The zero-order valence-electron chi connectivity index (χ0n) is 28.2. The zero-order valence-corrected chi connectivity index (χ0v) is 28.2. The van der Waals surface area contributed by atoms with Crippen molar-refractivity contribution < 1.29 is 65.2 Å². The van der Waals surface area contributed by atoms with Crippen LogP contribution >= 0.6 is 0 Å². The van der Waals surface area contributed by atoms with Crippen LogP contribution in [0.25, 0.3) is 21.5 Å². The van der Waals surface area contributed by atoms with Crippen LogP contribution in [0, 0.1) is 34.9 Å². The molecule has 55 heavy (non-hydrogen) atoms. The van der Waals surface area contributed by atoms with E-state index in [4.69, 9.17) is 9.47 Å². The lowest BCUT2D eigenvalue weighted by Gasteiger charge is -2.31. The van der Waals surface area contributed by atoms with Crippen molar-refractivity contribution >= 4 is 45.4 Å². The third kappa shape index (κ3) is 7.84. The minimum Gasteiger partial charge on any atom is -0.481 e. The number of unbranched alkanes of at least 4 members (excludes halogenated alkanes) is 1. The van der Waals surface area contributed by atoms with E-state index in [2.05, 4.69) is 0 Å². The Kier molecular flexibility index (Phi) is 10.6. The van der Waals surface area contributed by atoms with Gasteiger partial charge in [-0.1, -0.05) is 42.8 Å². The molecule has 280 valence electrons. The predicted molar refractivity (Wildman–Crippen MR) is 185 cm³/mol. The highest BCUT2D eigenvalue weighted by Gasteiger charge is 2.42. The van der Waals surface area contributed by atoms with Crippen LogP contribution in [0.3, 0.4) is 0 Å². The molecule has 8 nitrogen and oxygen atoms in total. The molecule has 0 aliphatic rings. The molecular weight excluding hydrogens is 734 g/mol. The molecule has 0 unspecified atom stereocenters. The summed E-state index contributed by atoms with van der Waals surface area (Å²) in [7, 11) is 0. The standard InChI is InChI=1S/C41H26F6O8/c42-31-17-29(18-32(43)36(31)46)54-38(50)25-6-4-23-15-27(10-8-21(23)13-25)41(40(52)53,12-2-1-3-35(48)49)28-11-9-22-14-26(7-5-24(22)16-28)39(51)55-30-19-33(44)37(47)34(45)20-30/h4-11,13-20H,1-3,12H2,(H,48,49)(H,52,53). The average Bonchev–Trinajstić information content (AvgIpc) is 3.15. The number of carboxylic acid groups (broad SMARTS) is 2. The Hall–Kier alpha value is -6.70. The molecule has 6 rings (SSSR count). The van der Waals surface area contributed by atoms with Crippen molar-refractivity contribution in [1.82, 2.24) is 0 Å². The average molecular weight is 761 g/mol. The lowest BCUT2D eigenvalue weighted by molar-refractivity contribution is -0.142. The predicted octanol–water partition coefficient (Wildman–Crippen LogP) is 9.28. The topological polar surface area (TPSA) is 127 Å². The van der Waals surface area contributed by atoms with E-state index in [1.54, 1.807) is 24.3 Å². The van der Waals surface area contributed by atoms with Crippen LogP contribution in [0.1, 0.15) is 57.5 Å². The number of hydrogen-bond acceptors (Lipinski definition) is 6. The normalized spacial score (nSPS) is 11.5. The molecule has 0 saturated heterocycles. The van der Waals surface area contributed by atoms with Crippen LogP contribution < -0.4 is 9.47 Å². The third-order valence-electron chi connectivity index (χ3n) is 9.03. The summed E-state index contributed by atoms with van der Waals surface area (Å²) in [5.41, 5.74) is -1.16. The fourth-order valence-corrected chi connectivity index (χ4v) is 6.27. The summed E-state index contributed by atoms with van der Waals surface area (Å²) < 4.78 is 91.3. The molecular formula is C41H26F6O8. The molecule has 0 amide bonds. The van der Waals surface area contributed by atoms with E-state index in [1.807, 2.05) is 0 Å².